The highest BCUT2D eigenvalue weighted by Gasteiger charge is 2.20. The average molecular weight is 393 g/mol. The summed E-state index contributed by atoms with van der Waals surface area (Å²) in [5, 5.41) is 0. The van der Waals surface area contributed by atoms with Crippen LogP contribution in [0.15, 0.2) is 18.2 Å². The largest absolute Gasteiger partial charge is 0.493 e. The number of hydrogen-bond donors (Lipinski definition) is 0. The van der Waals surface area contributed by atoms with Gasteiger partial charge in [0.15, 0.2) is 11.6 Å². The van der Waals surface area contributed by atoms with E-state index in [9.17, 15) is 4.39 Å². The Kier molecular flexibility index (Phi) is 11.4. The molecule has 0 unspecified atom stereocenters. The van der Waals surface area contributed by atoms with Crippen LogP contribution in [0.25, 0.3) is 0 Å². The van der Waals surface area contributed by atoms with Crippen molar-refractivity contribution in [1.29, 1.82) is 0 Å². The molecule has 1 aliphatic rings. The van der Waals surface area contributed by atoms with Crippen molar-refractivity contribution in [2.45, 2.75) is 97.3 Å². The summed E-state index contributed by atoms with van der Waals surface area (Å²) in [6.07, 6.45) is 16.7. The number of hydrogen-bond acceptors (Lipinski definition) is 2. The van der Waals surface area contributed by atoms with E-state index in [0.717, 1.165) is 37.5 Å². The molecule has 0 bridgehead atoms. The molecule has 1 aromatic carbocycles. The molecule has 0 saturated heterocycles. The van der Waals surface area contributed by atoms with E-state index in [-0.39, 0.29) is 5.82 Å². The lowest BCUT2D eigenvalue weighted by atomic mass is 9.78. The van der Waals surface area contributed by atoms with E-state index in [1.54, 1.807) is 6.07 Å². The van der Waals surface area contributed by atoms with Crippen LogP contribution >= 0.6 is 0 Å². The van der Waals surface area contributed by atoms with Crippen LogP contribution in [0.3, 0.4) is 0 Å². The molecule has 28 heavy (non-hydrogen) atoms. The minimum Gasteiger partial charge on any atom is -0.493 e. The van der Waals surface area contributed by atoms with Crippen molar-refractivity contribution in [3.8, 4) is 11.5 Å². The van der Waals surface area contributed by atoms with Crippen molar-refractivity contribution < 1.29 is 13.9 Å². The van der Waals surface area contributed by atoms with Crippen LogP contribution < -0.4 is 9.47 Å². The first kappa shape index (κ1) is 23.0. The maximum atomic E-state index is 14.1. The van der Waals surface area contributed by atoms with E-state index in [4.69, 9.17) is 9.47 Å². The average Bonchev–Trinajstić information content (AvgIpc) is 2.71. The Morgan fingerprint density at radius 1 is 0.786 bits per heavy atom. The van der Waals surface area contributed by atoms with E-state index in [1.807, 2.05) is 6.07 Å². The lowest BCUT2D eigenvalue weighted by Gasteiger charge is -2.28. The van der Waals surface area contributed by atoms with Gasteiger partial charge < -0.3 is 9.47 Å². The van der Waals surface area contributed by atoms with Crippen LogP contribution in [0.1, 0.15) is 97.3 Å². The van der Waals surface area contributed by atoms with Gasteiger partial charge in [0.1, 0.15) is 5.75 Å². The van der Waals surface area contributed by atoms with Gasteiger partial charge in [0.25, 0.3) is 0 Å². The first-order valence-corrected chi connectivity index (χ1v) is 11.8. The molecular formula is C25H41FO2. The van der Waals surface area contributed by atoms with Gasteiger partial charge >= 0.3 is 0 Å². The highest BCUT2D eigenvalue weighted by Crippen LogP contribution is 2.34. The van der Waals surface area contributed by atoms with Gasteiger partial charge in [-0.25, -0.2) is 4.39 Å². The monoisotopic (exact) mass is 392 g/mol. The van der Waals surface area contributed by atoms with Crippen LogP contribution in [0.4, 0.5) is 4.39 Å². The fourth-order valence-corrected chi connectivity index (χ4v) is 4.28. The summed E-state index contributed by atoms with van der Waals surface area (Å²) in [6.45, 7) is 5.68. The van der Waals surface area contributed by atoms with Crippen molar-refractivity contribution in [3.63, 3.8) is 0 Å². The molecule has 1 aromatic rings. The molecule has 0 spiro atoms. The Hall–Kier alpha value is -1.25. The molecule has 0 aromatic heterocycles. The molecule has 0 N–H and O–H groups in total. The highest BCUT2D eigenvalue weighted by molar-refractivity contribution is 5.33. The summed E-state index contributed by atoms with van der Waals surface area (Å²) >= 11 is 0. The van der Waals surface area contributed by atoms with Crippen molar-refractivity contribution in [2.24, 2.45) is 11.8 Å². The van der Waals surface area contributed by atoms with Gasteiger partial charge in [-0.05, 0) is 43.2 Å². The second-order valence-electron chi connectivity index (χ2n) is 8.52. The van der Waals surface area contributed by atoms with Crippen LogP contribution in [0.5, 0.6) is 11.5 Å². The lowest BCUT2D eigenvalue weighted by molar-refractivity contribution is 0.227. The third-order valence-electron chi connectivity index (χ3n) is 6.12. The Morgan fingerprint density at radius 3 is 2.04 bits per heavy atom. The summed E-state index contributed by atoms with van der Waals surface area (Å²) in [6, 6.07) is 4.97. The fraction of sp³-hybridized carbons (Fsp3) is 0.760. The van der Waals surface area contributed by atoms with Crippen LogP contribution in [0, 0.1) is 17.7 Å². The summed E-state index contributed by atoms with van der Waals surface area (Å²) < 4.78 is 25.4. The van der Waals surface area contributed by atoms with Crippen molar-refractivity contribution in [3.05, 3.63) is 24.0 Å². The van der Waals surface area contributed by atoms with Crippen LogP contribution in [-0.2, 0) is 0 Å². The fourth-order valence-electron chi connectivity index (χ4n) is 4.28. The molecule has 0 amide bonds. The predicted molar refractivity (Wildman–Crippen MR) is 116 cm³/mol. The van der Waals surface area contributed by atoms with Gasteiger partial charge in [-0.15, -0.1) is 0 Å². The first-order chi connectivity index (χ1) is 13.7. The number of halogens is 1. The van der Waals surface area contributed by atoms with Gasteiger partial charge in [-0.1, -0.05) is 78.1 Å². The quantitative estimate of drug-likeness (QED) is 0.299. The Morgan fingerprint density at radius 2 is 1.39 bits per heavy atom. The van der Waals surface area contributed by atoms with E-state index < -0.39 is 0 Å². The number of unbranched alkanes of at least 4 members (excludes halogenated alkanes) is 4. The molecule has 0 aliphatic heterocycles. The maximum absolute atomic E-state index is 14.1. The molecule has 3 heteroatoms. The van der Waals surface area contributed by atoms with E-state index in [2.05, 4.69) is 13.8 Å². The minimum atomic E-state index is -0.324. The Bertz CT molecular complexity index is 523. The van der Waals surface area contributed by atoms with Crippen LogP contribution in [-0.4, -0.2) is 13.2 Å². The van der Waals surface area contributed by atoms with E-state index in [0.29, 0.717) is 24.7 Å². The maximum Gasteiger partial charge on any atom is 0.168 e. The third-order valence-corrected chi connectivity index (χ3v) is 6.12. The number of ether oxygens (including phenoxy) is 2. The normalized spacial score (nSPS) is 19.5. The predicted octanol–water partition coefficient (Wildman–Crippen LogP) is 7.94. The van der Waals surface area contributed by atoms with E-state index in [1.165, 1.54) is 63.9 Å². The smallest absolute Gasteiger partial charge is 0.168 e. The molecule has 0 radical (unpaired) electrons. The molecule has 160 valence electrons. The summed E-state index contributed by atoms with van der Waals surface area (Å²) in [4.78, 5) is 0. The Balaban J connectivity index is 1.58. The Labute approximate surface area is 172 Å². The minimum absolute atomic E-state index is 0.324. The van der Waals surface area contributed by atoms with Gasteiger partial charge in [0, 0.05) is 6.07 Å². The zero-order valence-electron chi connectivity index (χ0n) is 18.2. The van der Waals surface area contributed by atoms with Crippen molar-refractivity contribution >= 4 is 0 Å². The number of rotatable bonds is 14. The van der Waals surface area contributed by atoms with Crippen LogP contribution in [0.2, 0.25) is 0 Å². The summed E-state index contributed by atoms with van der Waals surface area (Å²) in [7, 11) is 0. The van der Waals surface area contributed by atoms with Crippen molar-refractivity contribution in [2.75, 3.05) is 13.2 Å². The molecule has 1 saturated carbocycles. The zero-order chi connectivity index (χ0) is 20.0. The molecule has 0 atom stereocenters. The van der Waals surface area contributed by atoms with Gasteiger partial charge in [-0.3, -0.25) is 0 Å². The highest BCUT2D eigenvalue weighted by atomic mass is 19.1. The second kappa shape index (κ2) is 13.8. The lowest BCUT2D eigenvalue weighted by Crippen LogP contribution is -2.15. The number of benzene rings is 1. The molecular weight excluding hydrogens is 351 g/mol. The molecule has 1 aliphatic carbocycles. The summed E-state index contributed by atoms with van der Waals surface area (Å²) in [5.74, 6) is 2.46. The molecule has 2 nitrogen and oxygen atoms in total. The standard InChI is InChI=1S/C25H41FO2/c1-3-5-7-10-21-12-14-22(15-13-21)11-9-19-27-23-16-17-25(24(26)20-23)28-18-8-6-4-2/h16-17,20-22H,3-15,18-19H2,1-2H3/t21-,22-. The third kappa shape index (κ3) is 8.84. The van der Waals surface area contributed by atoms with Crippen molar-refractivity contribution in [1.82, 2.24) is 0 Å². The molecule has 0 heterocycles. The topological polar surface area (TPSA) is 18.5 Å². The molecule has 2 rings (SSSR count). The molecule has 1 fully saturated rings. The van der Waals surface area contributed by atoms with Gasteiger partial charge in [-0.2, -0.15) is 0 Å². The van der Waals surface area contributed by atoms with Gasteiger partial charge in [0.05, 0.1) is 13.2 Å². The SMILES string of the molecule is CCCCCOc1ccc(OCCC[C@H]2CC[C@H](CCCCC)CC2)cc1F. The first-order valence-electron chi connectivity index (χ1n) is 11.8. The summed E-state index contributed by atoms with van der Waals surface area (Å²) in [5.41, 5.74) is 0. The second-order valence-corrected chi connectivity index (χ2v) is 8.52. The van der Waals surface area contributed by atoms with Gasteiger partial charge in [0.2, 0.25) is 0 Å². The van der Waals surface area contributed by atoms with E-state index >= 15 is 0 Å². The zero-order valence-corrected chi connectivity index (χ0v) is 18.2.